The first-order valence-corrected chi connectivity index (χ1v) is 8.01. The zero-order chi connectivity index (χ0) is 18.7. The van der Waals surface area contributed by atoms with Crippen LogP contribution in [0.5, 0.6) is 11.5 Å². The summed E-state index contributed by atoms with van der Waals surface area (Å²) >= 11 is 5.93. The molecule has 1 aliphatic heterocycles. The van der Waals surface area contributed by atoms with Crippen LogP contribution in [-0.4, -0.2) is 18.2 Å². The van der Waals surface area contributed by atoms with Crippen LogP contribution >= 0.6 is 11.6 Å². The first-order chi connectivity index (χ1) is 12.4. The largest absolute Gasteiger partial charge is 0.490 e. The molecule has 2 heterocycles. The number of alkyl halides is 3. The van der Waals surface area contributed by atoms with Gasteiger partial charge in [0.2, 0.25) is 0 Å². The van der Waals surface area contributed by atoms with Gasteiger partial charge >= 0.3 is 6.18 Å². The Labute approximate surface area is 152 Å². The van der Waals surface area contributed by atoms with Crippen molar-refractivity contribution in [1.29, 1.82) is 5.26 Å². The molecule has 0 atom stereocenters. The summed E-state index contributed by atoms with van der Waals surface area (Å²) < 4.78 is 49.5. The number of benzene rings is 1. The maximum absolute atomic E-state index is 12.7. The molecule has 4 nitrogen and oxygen atoms in total. The molecule has 1 aromatic carbocycles. The number of hydrogen-bond donors (Lipinski definition) is 0. The number of halogens is 4. The van der Waals surface area contributed by atoms with E-state index in [4.69, 9.17) is 21.1 Å². The Morgan fingerprint density at radius 1 is 1.27 bits per heavy atom. The van der Waals surface area contributed by atoms with Gasteiger partial charge in [-0.1, -0.05) is 23.7 Å². The predicted octanol–water partition coefficient (Wildman–Crippen LogP) is 4.98. The molecule has 0 bridgehead atoms. The van der Waals surface area contributed by atoms with Gasteiger partial charge in [-0.15, -0.1) is 0 Å². The summed E-state index contributed by atoms with van der Waals surface area (Å²) in [6.07, 6.45) is -1.73. The number of hydrogen-bond acceptors (Lipinski definition) is 4. The number of nitrogens with zero attached hydrogens (tertiary/aromatic N) is 2. The average Bonchev–Trinajstić information content (AvgIpc) is 2.85. The van der Waals surface area contributed by atoms with Gasteiger partial charge < -0.3 is 9.47 Å². The summed E-state index contributed by atoms with van der Waals surface area (Å²) in [7, 11) is 0. The molecule has 0 radical (unpaired) electrons. The van der Waals surface area contributed by atoms with Crippen LogP contribution in [0.2, 0.25) is 5.02 Å². The van der Waals surface area contributed by atoms with Crippen molar-refractivity contribution in [2.45, 2.75) is 12.6 Å². The standard InChI is InChI=1S/C18H12ClF3N2O2/c19-14-8-13(18(20,21)22)10-24-16(14)12(9-23)7-11-3-1-4-15-17(11)26-6-2-5-25-15/h1,3-4,7-8,10H,2,5-6H2. The van der Waals surface area contributed by atoms with Crippen LogP contribution in [0.15, 0.2) is 30.5 Å². The number of pyridine rings is 1. The van der Waals surface area contributed by atoms with Crippen LogP contribution in [0.1, 0.15) is 23.2 Å². The van der Waals surface area contributed by atoms with Crippen molar-refractivity contribution >= 4 is 23.3 Å². The highest BCUT2D eigenvalue weighted by molar-refractivity contribution is 6.32. The molecule has 1 aliphatic rings. The van der Waals surface area contributed by atoms with Crippen molar-refractivity contribution in [3.63, 3.8) is 0 Å². The summed E-state index contributed by atoms with van der Waals surface area (Å²) in [6, 6.07) is 7.86. The number of fused-ring (bicyclic) bond motifs is 1. The van der Waals surface area contributed by atoms with E-state index in [9.17, 15) is 18.4 Å². The molecule has 0 saturated carbocycles. The first kappa shape index (κ1) is 18.1. The van der Waals surface area contributed by atoms with Crippen molar-refractivity contribution in [1.82, 2.24) is 4.98 Å². The first-order valence-electron chi connectivity index (χ1n) is 7.63. The Balaban J connectivity index is 2.04. The van der Waals surface area contributed by atoms with Crippen LogP contribution in [-0.2, 0) is 6.18 Å². The lowest BCUT2D eigenvalue weighted by Crippen LogP contribution is -2.06. The molecule has 1 aromatic heterocycles. The topological polar surface area (TPSA) is 55.1 Å². The van der Waals surface area contributed by atoms with Crippen molar-refractivity contribution in [2.75, 3.05) is 13.2 Å². The second-order valence-corrected chi connectivity index (χ2v) is 5.85. The smallest absolute Gasteiger partial charge is 0.417 e. The van der Waals surface area contributed by atoms with E-state index in [-0.39, 0.29) is 16.3 Å². The van der Waals surface area contributed by atoms with Gasteiger partial charge in [-0.05, 0) is 18.2 Å². The normalized spacial score (nSPS) is 14.5. The summed E-state index contributed by atoms with van der Waals surface area (Å²) in [5, 5.41) is 9.19. The number of para-hydroxylation sites is 1. The van der Waals surface area contributed by atoms with Crippen LogP contribution in [0.4, 0.5) is 13.2 Å². The molecule has 0 unspecified atom stereocenters. The predicted molar refractivity (Wildman–Crippen MR) is 89.8 cm³/mol. The number of aromatic nitrogens is 1. The van der Waals surface area contributed by atoms with Crippen molar-refractivity contribution < 1.29 is 22.6 Å². The summed E-state index contributed by atoms with van der Waals surface area (Å²) in [5.74, 6) is 1.01. The summed E-state index contributed by atoms with van der Waals surface area (Å²) in [5.41, 5.74) is -0.438. The van der Waals surface area contributed by atoms with E-state index in [2.05, 4.69) is 4.98 Å². The summed E-state index contributed by atoms with van der Waals surface area (Å²) in [6.45, 7) is 0.969. The monoisotopic (exact) mass is 380 g/mol. The highest BCUT2D eigenvalue weighted by Crippen LogP contribution is 2.37. The molecular weight excluding hydrogens is 369 g/mol. The minimum Gasteiger partial charge on any atom is -0.490 e. The zero-order valence-electron chi connectivity index (χ0n) is 13.3. The highest BCUT2D eigenvalue weighted by Gasteiger charge is 2.31. The van der Waals surface area contributed by atoms with Gasteiger partial charge in [0.25, 0.3) is 0 Å². The van der Waals surface area contributed by atoms with Crippen LogP contribution in [0.3, 0.4) is 0 Å². The molecular formula is C18H12ClF3N2O2. The Morgan fingerprint density at radius 2 is 2.04 bits per heavy atom. The fourth-order valence-electron chi connectivity index (χ4n) is 2.43. The molecule has 3 rings (SSSR count). The van der Waals surface area contributed by atoms with Gasteiger partial charge in [0.15, 0.2) is 11.5 Å². The summed E-state index contributed by atoms with van der Waals surface area (Å²) in [4.78, 5) is 3.73. The van der Waals surface area contributed by atoms with E-state index in [1.165, 1.54) is 6.08 Å². The molecule has 0 spiro atoms. The molecule has 0 fully saturated rings. The lowest BCUT2D eigenvalue weighted by atomic mass is 10.1. The Bertz CT molecular complexity index is 904. The van der Waals surface area contributed by atoms with E-state index in [1.54, 1.807) is 18.2 Å². The second kappa shape index (κ2) is 7.26. The van der Waals surface area contributed by atoms with Crippen molar-refractivity contribution in [3.05, 3.63) is 52.3 Å². The third-order valence-electron chi connectivity index (χ3n) is 3.65. The number of ether oxygens (including phenoxy) is 2. The number of rotatable bonds is 2. The lowest BCUT2D eigenvalue weighted by Gasteiger charge is -2.11. The van der Waals surface area contributed by atoms with Gasteiger partial charge in [-0.3, -0.25) is 4.98 Å². The van der Waals surface area contributed by atoms with Crippen molar-refractivity contribution in [2.24, 2.45) is 0 Å². The molecule has 26 heavy (non-hydrogen) atoms. The molecule has 0 N–H and O–H groups in total. The van der Waals surface area contributed by atoms with E-state index >= 15 is 0 Å². The van der Waals surface area contributed by atoms with Gasteiger partial charge in [0.05, 0.1) is 35.1 Å². The van der Waals surface area contributed by atoms with Gasteiger partial charge in [0, 0.05) is 18.2 Å². The quantitative estimate of drug-likeness (QED) is 0.689. The lowest BCUT2D eigenvalue weighted by molar-refractivity contribution is -0.137. The average molecular weight is 381 g/mol. The maximum atomic E-state index is 12.7. The molecule has 8 heteroatoms. The van der Waals surface area contributed by atoms with Gasteiger partial charge in [-0.25, -0.2) is 0 Å². The van der Waals surface area contributed by atoms with Gasteiger partial charge in [-0.2, -0.15) is 18.4 Å². The van der Waals surface area contributed by atoms with E-state index in [0.717, 1.165) is 12.5 Å². The van der Waals surface area contributed by atoms with Crippen LogP contribution in [0, 0.1) is 11.3 Å². The molecule has 0 saturated heterocycles. The third-order valence-corrected chi connectivity index (χ3v) is 3.93. The van der Waals surface area contributed by atoms with E-state index in [0.29, 0.717) is 36.5 Å². The Kier molecular flexibility index (Phi) is 5.05. The van der Waals surface area contributed by atoms with Crippen LogP contribution < -0.4 is 9.47 Å². The zero-order valence-corrected chi connectivity index (χ0v) is 14.1. The molecule has 0 amide bonds. The van der Waals surface area contributed by atoms with Crippen molar-refractivity contribution in [3.8, 4) is 17.6 Å². The highest BCUT2D eigenvalue weighted by atomic mass is 35.5. The van der Waals surface area contributed by atoms with Crippen LogP contribution in [0.25, 0.3) is 11.6 Å². The third kappa shape index (κ3) is 3.75. The fourth-order valence-corrected chi connectivity index (χ4v) is 2.70. The maximum Gasteiger partial charge on any atom is 0.417 e. The minimum atomic E-state index is -4.56. The molecule has 134 valence electrons. The number of allylic oxidation sites excluding steroid dienone is 1. The fraction of sp³-hybridized carbons (Fsp3) is 0.222. The Hall–Kier alpha value is -2.72. The van der Waals surface area contributed by atoms with E-state index < -0.39 is 11.7 Å². The minimum absolute atomic E-state index is 0.0185. The van der Waals surface area contributed by atoms with E-state index in [1.807, 2.05) is 6.07 Å². The molecule has 2 aromatic rings. The Morgan fingerprint density at radius 3 is 2.73 bits per heavy atom. The second-order valence-electron chi connectivity index (χ2n) is 5.45. The molecule has 0 aliphatic carbocycles. The number of nitriles is 1. The van der Waals surface area contributed by atoms with Gasteiger partial charge in [0.1, 0.15) is 6.07 Å². The SMILES string of the molecule is N#CC(=Cc1cccc2c1OCCCO2)c1ncc(C(F)(F)F)cc1Cl.